The lowest BCUT2D eigenvalue weighted by Crippen LogP contribution is -1.96. The maximum atomic E-state index is 11.0. The van der Waals surface area contributed by atoms with Crippen LogP contribution in [0.1, 0.15) is 20.8 Å². The molecule has 0 saturated heterocycles. The van der Waals surface area contributed by atoms with Crippen LogP contribution in [0.4, 0.5) is 5.69 Å². The standard InChI is InChI=1S/C13H13NO2S2/c1-8-10(14)3-2-4-11(8)18-7-9-5-6-17-12(9)13(15)16/h2-6H,7,14H2,1H3,(H,15,16). The van der Waals surface area contributed by atoms with E-state index >= 15 is 0 Å². The fourth-order valence-electron chi connectivity index (χ4n) is 1.58. The summed E-state index contributed by atoms with van der Waals surface area (Å²) in [6.45, 7) is 1.98. The average Bonchev–Trinajstić information content (AvgIpc) is 2.79. The second-order valence-electron chi connectivity index (χ2n) is 3.84. The molecule has 0 bridgehead atoms. The lowest BCUT2D eigenvalue weighted by atomic mass is 10.2. The van der Waals surface area contributed by atoms with Gasteiger partial charge in [0.2, 0.25) is 0 Å². The van der Waals surface area contributed by atoms with Crippen molar-refractivity contribution in [2.24, 2.45) is 0 Å². The highest BCUT2D eigenvalue weighted by Crippen LogP contribution is 2.31. The molecule has 0 aliphatic rings. The summed E-state index contributed by atoms with van der Waals surface area (Å²) in [5, 5.41) is 10.8. The number of carbonyl (C=O) groups is 1. The first-order chi connectivity index (χ1) is 8.59. The van der Waals surface area contributed by atoms with E-state index in [0.717, 1.165) is 21.7 Å². The normalized spacial score (nSPS) is 10.5. The third-order valence-corrected chi connectivity index (χ3v) is 4.80. The van der Waals surface area contributed by atoms with Gasteiger partial charge in [-0.05, 0) is 41.6 Å². The monoisotopic (exact) mass is 279 g/mol. The molecular weight excluding hydrogens is 266 g/mol. The molecule has 0 unspecified atom stereocenters. The number of aromatic carboxylic acids is 1. The van der Waals surface area contributed by atoms with Gasteiger partial charge in [0.05, 0.1) is 0 Å². The van der Waals surface area contributed by atoms with Crippen molar-refractivity contribution in [2.45, 2.75) is 17.6 Å². The Kier molecular flexibility index (Phi) is 3.93. The molecule has 5 heteroatoms. The van der Waals surface area contributed by atoms with Crippen LogP contribution < -0.4 is 5.73 Å². The van der Waals surface area contributed by atoms with E-state index in [-0.39, 0.29) is 0 Å². The molecule has 18 heavy (non-hydrogen) atoms. The summed E-state index contributed by atoms with van der Waals surface area (Å²) in [4.78, 5) is 12.5. The van der Waals surface area contributed by atoms with Gasteiger partial charge in [0.1, 0.15) is 4.88 Å². The van der Waals surface area contributed by atoms with Gasteiger partial charge in [-0.25, -0.2) is 4.79 Å². The lowest BCUT2D eigenvalue weighted by molar-refractivity contribution is 0.0701. The zero-order chi connectivity index (χ0) is 13.1. The van der Waals surface area contributed by atoms with E-state index in [0.29, 0.717) is 10.6 Å². The van der Waals surface area contributed by atoms with Crippen LogP contribution in [0.15, 0.2) is 34.5 Å². The summed E-state index contributed by atoms with van der Waals surface area (Å²) in [6.07, 6.45) is 0. The molecule has 1 aromatic carbocycles. The van der Waals surface area contributed by atoms with Gasteiger partial charge in [-0.2, -0.15) is 0 Å². The molecule has 0 aliphatic carbocycles. The molecule has 3 N–H and O–H groups in total. The Balaban J connectivity index is 2.14. The van der Waals surface area contributed by atoms with Crippen molar-refractivity contribution in [2.75, 3.05) is 5.73 Å². The highest BCUT2D eigenvalue weighted by molar-refractivity contribution is 7.98. The number of carboxylic acids is 1. The third kappa shape index (κ3) is 2.68. The number of anilines is 1. The summed E-state index contributed by atoms with van der Waals surface area (Å²) in [7, 11) is 0. The summed E-state index contributed by atoms with van der Waals surface area (Å²) in [6, 6.07) is 7.65. The van der Waals surface area contributed by atoms with Crippen LogP contribution in [0, 0.1) is 6.92 Å². The summed E-state index contributed by atoms with van der Waals surface area (Å²) in [5.41, 5.74) is 8.52. The molecule has 2 rings (SSSR count). The maximum Gasteiger partial charge on any atom is 0.346 e. The van der Waals surface area contributed by atoms with Crippen molar-refractivity contribution >= 4 is 34.8 Å². The first-order valence-electron chi connectivity index (χ1n) is 5.37. The molecule has 94 valence electrons. The Labute approximate surface area is 114 Å². The second-order valence-corrected chi connectivity index (χ2v) is 5.77. The van der Waals surface area contributed by atoms with Crippen molar-refractivity contribution < 1.29 is 9.90 Å². The molecule has 1 heterocycles. The van der Waals surface area contributed by atoms with Crippen LogP contribution in [0.2, 0.25) is 0 Å². The number of hydrogen-bond donors (Lipinski definition) is 2. The maximum absolute atomic E-state index is 11.0. The number of thioether (sulfide) groups is 1. The number of nitrogens with two attached hydrogens (primary N) is 1. The molecular formula is C13H13NO2S2. The molecule has 2 aromatic rings. The van der Waals surface area contributed by atoms with Gasteiger partial charge in [-0.1, -0.05) is 6.07 Å². The minimum absolute atomic E-state index is 0.420. The Bertz CT molecular complexity index is 578. The van der Waals surface area contributed by atoms with Crippen molar-refractivity contribution in [1.29, 1.82) is 0 Å². The van der Waals surface area contributed by atoms with Crippen molar-refractivity contribution in [3.8, 4) is 0 Å². The van der Waals surface area contributed by atoms with Crippen LogP contribution in [0.25, 0.3) is 0 Å². The number of nitrogen functional groups attached to an aromatic ring is 1. The van der Waals surface area contributed by atoms with E-state index < -0.39 is 5.97 Å². The molecule has 0 saturated carbocycles. The number of thiophene rings is 1. The first-order valence-corrected chi connectivity index (χ1v) is 7.23. The van der Waals surface area contributed by atoms with Gasteiger partial charge in [0, 0.05) is 16.3 Å². The Hall–Kier alpha value is -1.46. The van der Waals surface area contributed by atoms with Gasteiger partial charge in [-0.3, -0.25) is 0 Å². The zero-order valence-corrected chi connectivity index (χ0v) is 11.5. The molecule has 0 aliphatic heterocycles. The predicted octanol–water partition coefficient (Wildman–Crippen LogP) is 3.63. The van der Waals surface area contributed by atoms with E-state index in [1.54, 1.807) is 11.8 Å². The number of benzene rings is 1. The van der Waals surface area contributed by atoms with Crippen LogP contribution in [0.5, 0.6) is 0 Å². The van der Waals surface area contributed by atoms with Crippen LogP contribution in [-0.4, -0.2) is 11.1 Å². The minimum Gasteiger partial charge on any atom is -0.477 e. The first kappa shape index (κ1) is 13.0. The highest BCUT2D eigenvalue weighted by atomic mass is 32.2. The molecule has 0 spiro atoms. The van der Waals surface area contributed by atoms with Gasteiger partial charge < -0.3 is 10.8 Å². The van der Waals surface area contributed by atoms with E-state index in [4.69, 9.17) is 10.8 Å². The SMILES string of the molecule is Cc1c(N)cccc1SCc1ccsc1C(=O)O. The molecule has 0 radical (unpaired) electrons. The van der Waals surface area contributed by atoms with E-state index in [9.17, 15) is 4.79 Å². The number of hydrogen-bond acceptors (Lipinski definition) is 4. The Morgan fingerprint density at radius 2 is 2.22 bits per heavy atom. The van der Waals surface area contributed by atoms with Crippen molar-refractivity contribution in [3.63, 3.8) is 0 Å². The summed E-state index contributed by atoms with van der Waals surface area (Å²) >= 11 is 2.88. The third-order valence-electron chi connectivity index (χ3n) is 2.65. The lowest BCUT2D eigenvalue weighted by Gasteiger charge is -2.07. The summed E-state index contributed by atoms with van der Waals surface area (Å²) in [5.74, 6) is -0.208. The molecule has 0 amide bonds. The number of carboxylic acid groups (broad SMARTS) is 1. The van der Waals surface area contributed by atoms with E-state index in [1.165, 1.54) is 11.3 Å². The van der Waals surface area contributed by atoms with Crippen LogP contribution >= 0.6 is 23.1 Å². The molecule has 0 atom stereocenters. The van der Waals surface area contributed by atoms with Crippen LogP contribution in [-0.2, 0) is 5.75 Å². The van der Waals surface area contributed by atoms with Gasteiger partial charge in [0.15, 0.2) is 0 Å². The predicted molar refractivity (Wildman–Crippen MR) is 76.4 cm³/mol. The van der Waals surface area contributed by atoms with Gasteiger partial charge in [0.25, 0.3) is 0 Å². The van der Waals surface area contributed by atoms with E-state index in [1.807, 2.05) is 36.6 Å². The fourth-order valence-corrected chi connectivity index (χ4v) is 3.49. The Morgan fingerprint density at radius 1 is 1.44 bits per heavy atom. The van der Waals surface area contributed by atoms with Gasteiger partial charge >= 0.3 is 5.97 Å². The largest absolute Gasteiger partial charge is 0.477 e. The topological polar surface area (TPSA) is 63.3 Å². The summed E-state index contributed by atoms with van der Waals surface area (Å²) < 4.78 is 0. The molecule has 1 aromatic heterocycles. The quantitative estimate of drug-likeness (QED) is 0.662. The van der Waals surface area contributed by atoms with Crippen LogP contribution in [0.3, 0.4) is 0 Å². The minimum atomic E-state index is -0.857. The smallest absolute Gasteiger partial charge is 0.346 e. The second kappa shape index (κ2) is 5.46. The van der Waals surface area contributed by atoms with Crippen molar-refractivity contribution in [3.05, 3.63) is 45.6 Å². The van der Waals surface area contributed by atoms with E-state index in [2.05, 4.69) is 0 Å². The molecule has 0 fully saturated rings. The zero-order valence-electron chi connectivity index (χ0n) is 9.84. The number of rotatable bonds is 4. The highest BCUT2D eigenvalue weighted by Gasteiger charge is 2.12. The molecule has 3 nitrogen and oxygen atoms in total. The fraction of sp³-hybridized carbons (Fsp3) is 0.154. The van der Waals surface area contributed by atoms with Crippen molar-refractivity contribution in [1.82, 2.24) is 0 Å². The Morgan fingerprint density at radius 3 is 2.94 bits per heavy atom. The average molecular weight is 279 g/mol. The van der Waals surface area contributed by atoms with Gasteiger partial charge in [-0.15, -0.1) is 23.1 Å².